The Bertz CT molecular complexity index is 393. The van der Waals surface area contributed by atoms with E-state index in [0.717, 1.165) is 0 Å². The first kappa shape index (κ1) is 17.7. The maximum absolute atomic E-state index is 12.3. The van der Waals surface area contributed by atoms with Crippen LogP contribution in [-0.4, -0.2) is 59.5 Å². The molecular formula is C14H26N2O5. The van der Waals surface area contributed by atoms with Crippen molar-refractivity contribution in [2.75, 3.05) is 13.7 Å². The van der Waals surface area contributed by atoms with Gasteiger partial charge in [-0.15, -0.1) is 0 Å². The maximum Gasteiger partial charge on any atom is 0.410 e. The molecule has 122 valence electrons. The van der Waals surface area contributed by atoms with Crippen molar-refractivity contribution in [2.24, 2.45) is 11.7 Å². The van der Waals surface area contributed by atoms with Crippen molar-refractivity contribution in [3.8, 4) is 0 Å². The summed E-state index contributed by atoms with van der Waals surface area (Å²) in [6.07, 6.45) is -0.612. The summed E-state index contributed by atoms with van der Waals surface area (Å²) >= 11 is 0. The number of nitrogens with zero attached hydrogens (tertiary/aromatic N) is 1. The first-order valence-corrected chi connectivity index (χ1v) is 7.07. The van der Waals surface area contributed by atoms with E-state index in [1.54, 1.807) is 27.7 Å². The fourth-order valence-corrected chi connectivity index (χ4v) is 2.58. The molecule has 3 N–H and O–H groups in total. The number of aliphatic carboxylic acids is 1. The fourth-order valence-electron chi connectivity index (χ4n) is 2.58. The van der Waals surface area contributed by atoms with Crippen molar-refractivity contribution in [2.45, 2.75) is 57.9 Å². The number of amides is 1. The molecule has 0 aliphatic carbocycles. The second kappa shape index (κ2) is 6.62. The lowest BCUT2D eigenvalue weighted by Crippen LogP contribution is -2.49. The Labute approximate surface area is 125 Å². The number of carboxylic acid groups (broad SMARTS) is 1. The molecule has 0 radical (unpaired) electrons. The number of carbonyl (C=O) groups is 2. The molecule has 0 bridgehead atoms. The molecule has 7 nitrogen and oxygen atoms in total. The number of likely N-dealkylation sites (tertiary alicyclic amines) is 1. The Morgan fingerprint density at radius 3 is 2.38 bits per heavy atom. The van der Waals surface area contributed by atoms with Crippen LogP contribution in [0.1, 0.15) is 34.1 Å². The Morgan fingerprint density at radius 1 is 1.38 bits per heavy atom. The van der Waals surface area contributed by atoms with Gasteiger partial charge >= 0.3 is 12.1 Å². The van der Waals surface area contributed by atoms with Crippen LogP contribution in [0.2, 0.25) is 0 Å². The first-order chi connectivity index (χ1) is 9.56. The quantitative estimate of drug-likeness (QED) is 0.805. The third kappa shape index (κ3) is 4.57. The molecule has 1 saturated heterocycles. The van der Waals surface area contributed by atoms with Gasteiger partial charge in [-0.1, -0.05) is 0 Å². The smallest absolute Gasteiger partial charge is 0.410 e. The molecule has 0 aromatic carbocycles. The first-order valence-electron chi connectivity index (χ1n) is 7.07. The van der Waals surface area contributed by atoms with Crippen LogP contribution in [0.15, 0.2) is 0 Å². The summed E-state index contributed by atoms with van der Waals surface area (Å²) in [5, 5.41) is 9.18. The average Bonchev–Trinajstić information content (AvgIpc) is 2.70. The molecular weight excluding hydrogens is 276 g/mol. The Kier molecular flexibility index (Phi) is 5.58. The summed E-state index contributed by atoms with van der Waals surface area (Å²) in [7, 11) is 1.45. The normalized spacial score (nSPS) is 25.5. The van der Waals surface area contributed by atoms with Crippen molar-refractivity contribution in [3.63, 3.8) is 0 Å². The van der Waals surface area contributed by atoms with E-state index in [0.29, 0.717) is 13.0 Å². The van der Waals surface area contributed by atoms with Gasteiger partial charge in [0.25, 0.3) is 0 Å². The van der Waals surface area contributed by atoms with Gasteiger partial charge in [-0.3, -0.25) is 4.79 Å². The van der Waals surface area contributed by atoms with E-state index >= 15 is 0 Å². The van der Waals surface area contributed by atoms with E-state index in [-0.39, 0.29) is 6.04 Å². The van der Waals surface area contributed by atoms with Crippen LogP contribution >= 0.6 is 0 Å². The van der Waals surface area contributed by atoms with Gasteiger partial charge in [-0.05, 0) is 34.1 Å². The summed E-state index contributed by atoms with van der Waals surface area (Å²) in [6, 6.07) is -0.605. The van der Waals surface area contributed by atoms with E-state index in [4.69, 9.17) is 15.2 Å². The molecule has 7 heteroatoms. The number of rotatable bonds is 4. The molecule has 1 amide bonds. The van der Waals surface area contributed by atoms with Gasteiger partial charge in [0.05, 0.1) is 18.1 Å². The van der Waals surface area contributed by atoms with Crippen LogP contribution in [0.25, 0.3) is 0 Å². The zero-order valence-corrected chi connectivity index (χ0v) is 13.3. The van der Waals surface area contributed by atoms with Crippen LogP contribution in [-0.2, 0) is 14.3 Å². The van der Waals surface area contributed by atoms with Crippen molar-refractivity contribution < 1.29 is 24.2 Å². The zero-order chi connectivity index (χ0) is 16.4. The maximum atomic E-state index is 12.3. The third-order valence-corrected chi connectivity index (χ3v) is 3.54. The molecule has 1 heterocycles. The highest BCUT2D eigenvalue weighted by Crippen LogP contribution is 2.27. The van der Waals surface area contributed by atoms with Gasteiger partial charge in [0.15, 0.2) is 0 Å². The summed E-state index contributed by atoms with van der Waals surface area (Å²) in [6.45, 7) is 7.25. The molecule has 1 fully saturated rings. The topological polar surface area (TPSA) is 102 Å². The number of hydrogen-bond donors (Lipinski definition) is 2. The van der Waals surface area contributed by atoms with E-state index < -0.39 is 35.7 Å². The van der Waals surface area contributed by atoms with Gasteiger partial charge in [-0.25, -0.2) is 4.79 Å². The molecule has 1 rings (SSSR count). The molecule has 1 aliphatic rings. The molecule has 0 aromatic rings. The predicted octanol–water partition coefficient (Wildman–Crippen LogP) is 1.06. The highest BCUT2D eigenvalue weighted by Gasteiger charge is 2.43. The van der Waals surface area contributed by atoms with Gasteiger partial charge in [0.1, 0.15) is 5.60 Å². The van der Waals surface area contributed by atoms with Gasteiger partial charge in [0, 0.05) is 19.7 Å². The summed E-state index contributed by atoms with van der Waals surface area (Å²) in [5.74, 6) is -1.71. The molecule has 0 saturated carbocycles. The highest BCUT2D eigenvalue weighted by atomic mass is 16.6. The lowest BCUT2D eigenvalue weighted by atomic mass is 9.95. The van der Waals surface area contributed by atoms with E-state index in [1.165, 1.54) is 12.0 Å². The number of carboxylic acids is 1. The van der Waals surface area contributed by atoms with Crippen LogP contribution in [0.5, 0.6) is 0 Å². The zero-order valence-electron chi connectivity index (χ0n) is 13.3. The SMILES string of the molecule is COC(C(C)C(=O)O)C1CC(N)CN1C(=O)OC(C)(C)C. The van der Waals surface area contributed by atoms with Crippen molar-refractivity contribution in [1.82, 2.24) is 4.90 Å². The Hall–Kier alpha value is -1.34. The van der Waals surface area contributed by atoms with Crippen LogP contribution < -0.4 is 5.73 Å². The van der Waals surface area contributed by atoms with E-state index in [2.05, 4.69) is 0 Å². The second-order valence-corrected chi connectivity index (χ2v) is 6.52. The highest BCUT2D eigenvalue weighted by molar-refractivity contribution is 5.72. The number of methoxy groups -OCH3 is 1. The van der Waals surface area contributed by atoms with Gasteiger partial charge in [-0.2, -0.15) is 0 Å². The lowest BCUT2D eigenvalue weighted by molar-refractivity contribution is -0.147. The number of hydrogen-bond acceptors (Lipinski definition) is 5. The summed E-state index contributed by atoms with van der Waals surface area (Å²) < 4.78 is 10.7. The van der Waals surface area contributed by atoms with Crippen LogP contribution in [0, 0.1) is 5.92 Å². The van der Waals surface area contributed by atoms with E-state index in [9.17, 15) is 14.7 Å². The molecule has 1 aliphatic heterocycles. The Morgan fingerprint density at radius 2 is 1.95 bits per heavy atom. The monoisotopic (exact) mass is 302 g/mol. The number of carbonyl (C=O) groups excluding carboxylic acids is 1. The minimum atomic E-state index is -0.966. The lowest BCUT2D eigenvalue weighted by Gasteiger charge is -2.33. The summed E-state index contributed by atoms with van der Waals surface area (Å²) in [4.78, 5) is 25.0. The van der Waals surface area contributed by atoms with Crippen LogP contribution in [0.3, 0.4) is 0 Å². The van der Waals surface area contributed by atoms with Crippen molar-refractivity contribution in [1.29, 1.82) is 0 Å². The molecule has 4 unspecified atom stereocenters. The fraction of sp³-hybridized carbons (Fsp3) is 0.857. The average molecular weight is 302 g/mol. The van der Waals surface area contributed by atoms with Crippen molar-refractivity contribution in [3.05, 3.63) is 0 Å². The standard InChI is InChI=1S/C14H26N2O5/c1-8(12(17)18)11(20-5)10-6-9(15)7-16(10)13(19)21-14(2,3)4/h8-11H,6-7,15H2,1-5H3,(H,17,18). The third-order valence-electron chi connectivity index (χ3n) is 3.54. The van der Waals surface area contributed by atoms with Crippen LogP contribution in [0.4, 0.5) is 4.79 Å². The van der Waals surface area contributed by atoms with Gasteiger partial charge < -0.3 is 25.2 Å². The predicted molar refractivity (Wildman–Crippen MR) is 76.9 cm³/mol. The minimum absolute atomic E-state index is 0.207. The Balaban J connectivity index is 2.92. The second-order valence-electron chi connectivity index (χ2n) is 6.52. The molecule has 21 heavy (non-hydrogen) atoms. The number of ether oxygens (including phenoxy) is 2. The molecule has 0 spiro atoms. The largest absolute Gasteiger partial charge is 0.481 e. The van der Waals surface area contributed by atoms with Gasteiger partial charge in [0.2, 0.25) is 0 Å². The number of nitrogens with two attached hydrogens (primary N) is 1. The molecule has 0 aromatic heterocycles. The summed E-state index contributed by atoms with van der Waals surface area (Å²) in [5.41, 5.74) is 5.32. The minimum Gasteiger partial charge on any atom is -0.481 e. The molecule has 4 atom stereocenters. The van der Waals surface area contributed by atoms with Crippen molar-refractivity contribution >= 4 is 12.1 Å². The van der Waals surface area contributed by atoms with E-state index in [1.807, 2.05) is 0 Å².